The standard InChI is InChI=1S/C13H20BrNO3/c1-3-11(15-13(2,7-16)8-17)10-6-9(14)4-5-12(10)18/h4-6,11,15-18H,3,7-8H2,1-2H3. The van der Waals surface area contributed by atoms with E-state index >= 15 is 0 Å². The molecule has 0 fully saturated rings. The number of hydrogen-bond donors (Lipinski definition) is 4. The minimum absolute atomic E-state index is 0.133. The van der Waals surface area contributed by atoms with Crippen molar-refractivity contribution in [1.82, 2.24) is 5.32 Å². The Morgan fingerprint density at radius 2 is 1.94 bits per heavy atom. The first-order chi connectivity index (χ1) is 8.45. The van der Waals surface area contributed by atoms with Crippen LogP contribution in [0, 0.1) is 0 Å². The summed E-state index contributed by atoms with van der Waals surface area (Å²) in [4.78, 5) is 0. The number of aliphatic hydroxyl groups excluding tert-OH is 2. The average Bonchev–Trinajstić information content (AvgIpc) is 2.39. The predicted octanol–water partition coefficient (Wildman–Crippen LogP) is 1.94. The summed E-state index contributed by atoms with van der Waals surface area (Å²) in [7, 11) is 0. The van der Waals surface area contributed by atoms with E-state index in [0.29, 0.717) is 0 Å². The van der Waals surface area contributed by atoms with Gasteiger partial charge in [-0.2, -0.15) is 0 Å². The Morgan fingerprint density at radius 1 is 1.33 bits per heavy atom. The van der Waals surface area contributed by atoms with Gasteiger partial charge in [-0.25, -0.2) is 0 Å². The van der Waals surface area contributed by atoms with Crippen LogP contribution in [0.25, 0.3) is 0 Å². The summed E-state index contributed by atoms with van der Waals surface area (Å²) < 4.78 is 0.880. The maximum Gasteiger partial charge on any atom is 0.120 e. The first-order valence-electron chi connectivity index (χ1n) is 5.93. The fourth-order valence-corrected chi connectivity index (χ4v) is 2.14. The Balaban J connectivity index is 2.99. The molecule has 0 bridgehead atoms. The summed E-state index contributed by atoms with van der Waals surface area (Å²) >= 11 is 3.37. The molecule has 1 aromatic carbocycles. The zero-order valence-electron chi connectivity index (χ0n) is 10.7. The number of benzene rings is 1. The van der Waals surface area contributed by atoms with Crippen LogP contribution in [0.3, 0.4) is 0 Å². The fraction of sp³-hybridized carbons (Fsp3) is 0.538. The van der Waals surface area contributed by atoms with Gasteiger partial charge in [-0.3, -0.25) is 0 Å². The van der Waals surface area contributed by atoms with Crippen molar-refractivity contribution in [2.24, 2.45) is 0 Å². The van der Waals surface area contributed by atoms with Crippen LogP contribution < -0.4 is 5.32 Å². The van der Waals surface area contributed by atoms with Gasteiger partial charge in [-0.05, 0) is 31.5 Å². The van der Waals surface area contributed by atoms with Gasteiger partial charge >= 0.3 is 0 Å². The fourth-order valence-electron chi connectivity index (χ4n) is 1.77. The molecule has 1 atom stereocenters. The van der Waals surface area contributed by atoms with Gasteiger partial charge in [-0.15, -0.1) is 0 Å². The molecule has 0 saturated heterocycles. The second-order valence-corrected chi connectivity index (χ2v) is 5.60. The lowest BCUT2D eigenvalue weighted by molar-refractivity contribution is 0.0929. The smallest absolute Gasteiger partial charge is 0.120 e. The summed E-state index contributed by atoms with van der Waals surface area (Å²) in [6, 6.07) is 5.10. The van der Waals surface area contributed by atoms with Gasteiger partial charge in [0.1, 0.15) is 5.75 Å². The minimum atomic E-state index is -0.768. The van der Waals surface area contributed by atoms with Crippen molar-refractivity contribution in [3.8, 4) is 5.75 Å². The van der Waals surface area contributed by atoms with E-state index in [1.54, 1.807) is 19.1 Å². The molecule has 0 amide bonds. The Kier molecular flexibility index (Phi) is 5.59. The van der Waals surface area contributed by atoms with Crippen LogP contribution in [0.1, 0.15) is 31.9 Å². The number of aromatic hydroxyl groups is 1. The third-order valence-electron chi connectivity index (χ3n) is 2.99. The van der Waals surface area contributed by atoms with Gasteiger partial charge < -0.3 is 20.6 Å². The normalized spacial score (nSPS) is 13.6. The number of aliphatic hydroxyl groups is 2. The highest BCUT2D eigenvalue weighted by atomic mass is 79.9. The molecule has 0 saturated carbocycles. The molecule has 18 heavy (non-hydrogen) atoms. The van der Waals surface area contributed by atoms with Crippen molar-refractivity contribution in [3.63, 3.8) is 0 Å². The summed E-state index contributed by atoms with van der Waals surface area (Å²) in [6.07, 6.45) is 0.736. The van der Waals surface area contributed by atoms with E-state index in [0.717, 1.165) is 16.5 Å². The first kappa shape index (κ1) is 15.4. The van der Waals surface area contributed by atoms with Gasteiger partial charge in [0.25, 0.3) is 0 Å². The molecule has 1 unspecified atom stereocenters. The molecule has 1 rings (SSSR count). The van der Waals surface area contributed by atoms with Crippen LogP contribution in [0.2, 0.25) is 0 Å². The molecule has 4 N–H and O–H groups in total. The van der Waals surface area contributed by atoms with E-state index in [1.807, 2.05) is 13.0 Å². The number of rotatable bonds is 6. The van der Waals surface area contributed by atoms with E-state index in [-0.39, 0.29) is 25.0 Å². The minimum Gasteiger partial charge on any atom is -0.508 e. The number of phenolic OH excluding ortho intramolecular Hbond substituents is 1. The van der Waals surface area contributed by atoms with E-state index < -0.39 is 5.54 Å². The third-order valence-corrected chi connectivity index (χ3v) is 3.49. The molecule has 0 aliphatic carbocycles. The second kappa shape index (κ2) is 6.52. The largest absolute Gasteiger partial charge is 0.508 e. The highest BCUT2D eigenvalue weighted by Gasteiger charge is 2.27. The van der Waals surface area contributed by atoms with Crippen LogP contribution in [0.5, 0.6) is 5.75 Å². The van der Waals surface area contributed by atoms with Crippen LogP contribution in [0.15, 0.2) is 22.7 Å². The van der Waals surface area contributed by atoms with Crippen molar-refractivity contribution in [2.45, 2.75) is 31.8 Å². The summed E-state index contributed by atoms with van der Waals surface area (Å²) in [5.74, 6) is 0.204. The van der Waals surface area contributed by atoms with Crippen molar-refractivity contribution in [3.05, 3.63) is 28.2 Å². The number of phenols is 1. The maximum atomic E-state index is 9.89. The highest BCUT2D eigenvalue weighted by Crippen LogP contribution is 2.30. The van der Waals surface area contributed by atoms with Crippen LogP contribution in [0.4, 0.5) is 0 Å². The van der Waals surface area contributed by atoms with Crippen LogP contribution in [-0.2, 0) is 0 Å². The molecule has 0 spiro atoms. The third kappa shape index (κ3) is 3.68. The van der Waals surface area contributed by atoms with Gasteiger partial charge in [0.05, 0.1) is 18.8 Å². The number of halogens is 1. The number of hydrogen-bond acceptors (Lipinski definition) is 4. The van der Waals surface area contributed by atoms with Crippen LogP contribution in [-0.4, -0.2) is 34.1 Å². The van der Waals surface area contributed by atoms with Crippen LogP contribution >= 0.6 is 15.9 Å². The molecule has 0 aromatic heterocycles. The lowest BCUT2D eigenvalue weighted by Gasteiger charge is -2.32. The summed E-state index contributed by atoms with van der Waals surface area (Å²) in [6.45, 7) is 3.38. The topological polar surface area (TPSA) is 72.7 Å². The zero-order chi connectivity index (χ0) is 13.8. The number of nitrogens with one attached hydrogen (secondary N) is 1. The van der Waals surface area contributed by atoms with Crippen molar-refractivity contribution >= 4 is 15.9 Å². The van der Waals surface area contributed by atoms with E-state index in [4.69, 9.17) is 0 Å². The molecule has 102 valence electrons. The molecular weight excluding hydrogens is 298 g/mol. The lowest BCUT2D eigenvalue weighted by Crippen LogP contribution is -2.50. The molecule has 4 nitrogen and oxygen atoms in total. The molecule has 0 heterocycles. The van der Waals surface area contributed by atoms with Gasteiger partial charge in [0, 0.05) is 16.1 Å². The SMILES string of the molecule is CCC(NC(C)(CO)CO)c1cc(Br)ccc1O. The Bertz CT molecular complexity index is 394. The van der Waals surface area contributed by atoms with E-state index in [1.165, 1.54) is 0 Å². The molecular formula is C13H20BrNO3. The Hall–Kier alpha value is -0.620. The van der Waals surface area contributed by atoms with Gasteiger partial charge in [0.2, 0.25) is 0 Å². The zero-order valence-corrected chi connectivity index (χ0v) is 12.2. The summed E-state index contributed by atoms with van der Waals surface area (Å²) in [5, 5.41) is 31.7. The first-order valence-corrected chi connectivity index (χ1v) is 6.73. The Morgan fingerprint density at radius 3 is 2.44 bits per heavy atom. The molecule has 1 aromatic rings. The Labute approximate surface area is 116 Å². The average molecular weight is 318 g/mol. The van der Waals surface area contributed by atoms with Crippen molar-refractivity contribution in [1.29, 1.82) is 0 Å². The molecule has 5 heteroatoms. The predicted molar refractivity (Wildman–Crippen MR) is 74.6 cm³/mol. The van der Waals surface area contributed by atoms with Crippen molar-refractivity contribution < 1.29 is 15.3 Å². The summed E-state index contributed by atoms with van der Waals surface area (Å²) in [5.41, 5.74) is -0.0184. The molecule has 0 radical (unpaired) electrons. The molecule has 0 aliphatic rings. The quantitative estimate of drug-likeness (QED) is 0.647. The maximum absolute atomic E-state index is 9.89. The molecule has 0 aliphatic heterocycles. The van der Waals surface area contributed by atoms with Crippen molar-refractivity contribution in [2.75, 3.05) is 13.2 Å². The monoisotopic (exact) mass is 317 g/mol. The lowest BCUT2D eigenvalue weighted by atomic mass is 9.97. The van der Waals surface area contributed by atoms with E-state index in [2.05, 4.69) is 21.2 Å². The van der Waals surface area contributed by atoms with Gasteiger partial charge in [-0.1, -0.05) is 22.9 Å². The van der Waals surface area contributed by atoms with Gasteiger partial charge in [0.15, 0.2) is 0 Å². The second-order valence-electron chi connectivity index (χ2n) is 4.69. The highest BCUT2D eigenvalue weighted by molar-refractivity contribution is 9.10. The van der Waals surface area contributed by atoms with E-state index in [9.17, 15) is 15.3 Å².